The number of ether oxygens (including phenoxy) is 1. The molecule has 2 rings (SSSR count). The molecular formula is C16H15Cl2NO4. The van der Waals surface area contributed by atoms with Gasteiger partial charge >= 0.3 is 5.97 Å². The highest BCUT2D eigenvalue weighted by Crippen LogP contribution is 2.25. The molecule has 0 saturated heterocycles. The maximum absolute atomic E-state index is 12.1. The van der Waals surface area contributed by atoms with Crippen LogP contribution in [0.1, 0.15) is 27.4 Å². The fraction of sp³-hybridized carbons (Fsp3) is 0.250. The van der Waals surface area contributed by atoms with Crippen molar-refractivity contribution in [1.29, 1.82) is 0 Å². The van der Waals surface area contributed by atoms with Gasteiger partial charge in [-0.3, -0.25) is 4.79 Å². The molecule has 0 aliphatic heterocycles. The number of anilines is 1. The van der Waals surface area contributed by atoms with E-state index in [0.717, 1.165) is 0 Å². The van der Waals surface area contributed by atoms with Crippen molar-refractivity contribution in [3.63, 3.8) is 0 Å². The number of hydrogen-bond acceptors (Lipinski definition) is 4. The zero-order chi connectivity index (χ0) is 17.1. The molecule has 2 aromatic rings. The molecule has 1 aromatic carbocycles. The van der Waals surface area contributed by atoms with Gasteiger partial charge in [-0.05, 0) is 39.0 Å². The van der Waals surface area contributed by atoms with Gasteiger partial charge in [0, 0.05) is 11.3 Å². The Hall–Kier alpha value is -1.98. The quantitative estimate of drug-likeness (QED) is 0.829. The van der Waals surface area contributed by atoms with Crippen molar-refractivity contribution >= 4 is 40.8 Å². The number of aryl methyl sites for hydroxylation is 2. The van der Waals surface area contributed by atoms with Crippen LogP contribution in [0.15, 0.2) is 22.6 Å². The molecule has 1 heterocycles. The maximum atomic E-state index is 12.1. The van der Waals surface area contributed by atoms with Gasteiger partial charge in [-0.1, -0.05) is 23.2 Å². The summed E-state index contributed by atoms with van der Waals surface area (Å²) in [5, 5.41) is 3.28. The van der Waals surface area contributed by atoms with Crippen molar-refractivity contribution in [2.24, 2.45) is 0 Å². The Morgan fingerprint density at radius 1 is 1.13 bits per heavy atom. The number of esters is 1. The predicted molar refractivity (Wildman–Crippen MR) is 88.3 cm³/mol. The first kappa shape index (κ1) is 17.4. The minimum atomic E-state index is -0.596. The average molecular weight is 356 g/mol. The van der Waals surface area contributed by atoms with E-state index in [-0.39, 0.29) is 0 Å². The van der Waals surface area contributed by atoms with E-state index >= 15 is 0 Å². The third kappa shape index (κ3) is 4.06. The molecule has 1 amide bonds. The van der Waals surface area contributed by atoms with Crippen molar-refractivity contribution < 1.29 is 18.7 Å². The first-order valence-corrected chi connectivity index (χ1v) is 7.53. The number of nitrogens with one attached hydrogen (secondary N) is 1. The predicted octanol–water partition coefficient (Wildman–Crippen LogP) is 4.31. The van der Waals surface area contributed by atoms with E-state index < -0.39 is 18.5 Å². The molecule has 0 saturated carbocycles. The van der Waals surface area contributed by atoms with Crippen LogP contribution in [0, 0.1) is 20.8 Å². The van der Waals surface area contributed by atoms with Crippen LogP contribution in [0.2, 0.25) is 10.0 Å². The van der Waals surface area contributed by atoms with Gasteiger partial charge < -0.3 is 14.5 Å². The summed E-state index contributed by atoms with van der Waals surface area (Å²) in [5.41, 5.74) is 1.52. The molecule has 7 heteroatoms. The molecule has 5 nitrogen and oxygen atoms in total. The van der Waals surface area contributed by atoms with E-state index in [4.69, 9.17) is 32.4 Å². The highest BCUT2D eigenvalue weighted by atomic mass is 35.5. The number of carbonyl (C=O) groups is 2. The van der Waals surface area contributed by atoms with Crippen LogP contribution >= 0.6 is 23.2 Å². The standard InChI is InChI=1S/C16H15Cl2NO4/c1-8-9(2)23-10(3)15(8)16(21)22-7-14(20)19-11-4-5-12(17)13(18)6-11/h4-6H,7H2,1-3H3,(H,19,20). The number of rotatable bonds is 4. The second-order valence-electron chi connectivity index (χ2n) is 4.97. The van der Waals surface area contributed by atoms with E-state index in [0.29, 0.717) is 38.4 Å². The Bertz CT molecular complexity index is 768. The monoisotopic (exact) mass is 355 g/mol. The highest BCUT2D eigenvalue weighted by molar-refractivity contribution is 6.42. The Balaban J connectivity index is 1.96. The van der Waals surface area contributed by atoms with Crippen molar-refractivity contribution in [3.05, 3.63) is 50.9 Å². The van der Waals surface area contributed by atoms with Crippen LogP contribution in [0.4, 0.5) is 5.69 Å². The van der Waals surface area contributed by atoms with Gasteiger partial charge in [0.1, 0.15) is 17.1 Å². The van der Waals surface area contributed by atoms with Crippen molar-refractivity contribution in [3.8, 4) is 0 Å². The number of hydrogen-bond donors (Lipinski definition) is 1. The summed E-state index contributed by atoms with van der Waals surface area (Å²) in [7, 11) is 0. The Morgan fingerprint density at radius 2 is 1.83 bits per heavy atom. The summed E-state index contributed by atoms with van der Waals surface area (Å²) in [5.74, 6) is 0.0398. The second-order valence-corrected chi connectivity index (χ2v) is 5.78. The van der Waals surface area contributed by atoms with Crippen molar-refractivity contribution in [2.75, 3.05) is 11.9 Å². The molecule has 1 aromatic heterocycles. The number of furan rings is 1. The van der Waals surface area contributed by atoms with Gasteiger partial charge in [-0.15, -0.1) is 0 Å². The third-order valence-electron chi connectivity index (χ3n) is 3.30. The van der Waals surface area contributed by atoms with Crippen LogP contribution in [0.5, 0.6) is 0 Å². The van der Waals surface area contributed by atoms with Gasteiger partial charge in [-0.25, -0.2) is 4.79 Å². The number of halogens is 2. The Morgan fingerprint density at radius 3 is 2.39 bits per heavy atom. The molecule has 0 radical (unpaired) electrons. The lowest BCUT2D eigenvalue weighted by atomic mass is 10.1. The van der Waals surface area contributed by atoms with Gasteiger partial charge in [0.15, 0.2) is 6.61 Å². The van der Waals surface area contributed by atoms with Gasteiger partial charge in [0.05, 0.1) is 10.0 Å². The first-order chi connectivity index (χ1) is 10.8. The highest BCUT2D eigenvalue weighted by Gasteiger charge is 2.20. The number of carbonyl (C=O) groups excluding carboxylic acids is 2. The molecule has 0 aliphatic rings. The van der Waals surface area contributed by atoms with E-state index in [1.165, 1.54) is 6.07 Å². The van der Waals surface area contributed by atoms with E-state index in [1.54, 1.807) is 32.9 Å². The molecule has 1 N–H and O–H groups in total. The number of benzene rings is 1. The summed E-state index contributed by atoms with van der Waals surface area (Å²) in [6.45, 7) is 4.78. The van der Waals surface area contributed by atoms with Crippen LogP contribution in [0.3, 0.4) is 0 Å². The SMILES string of the molecule is Cc1oc(C)c(C(=O)OCC(=O)Nc2ccc(Cl)c(Cl)c2)c1C. The summed E-state index contributed by atoms with van der Waals surface area (Å²) in [6, 6.07) is 4.67. The zero-order valence-electron chi connectivity index (χ0n) is 12.8. The number of amides is 1. The topological polar surface area (TPSA) is 68.5 Å². The molecule has 0 spiro atoms. The van der Waals surface area contributed by atoms with E-state index in [2.05, 4.69) is 5.32 Å². The average Bonchev–Trinajstić information content (AvgIpc) is 2.73. The maximum Gasteiger partial charge on any atom is 0.342 e. The molecule has 0 bridgehead atoms. The molecule has 0 unspecified atom stereocenters. The van der Waals surface area contributed by atoms with Gasteiger partial charge in [-0.2, -0.15) is 0 Å². The van der Waals surface area contributed by atoms with Crippen LogP contribution in [0.25, 0.3) is 0 Å². The summed E-state index contributed by atoms with van der Waals surface area (Å²) < 4.78 is 10.4. The fourth-order valence-corrected chi connectivity index (χ4v) is 2.37. The lowest BCUT2D eigenvalue weighted by Crippen LogP contribution is -2.21. The lowest BCUT2D eigenvalue weighted by Gasteiger charge is -2.07. The van der Waals surface area contributed by atoms with Crippen molar-refractivity contribution in [1.82, 2.24) is 0 Å². The van der Waals surface area contributed by atoms with E-state index in [9.17, 15) is 9.59 Å². The van der Waals surface area contributed by atoms with Crippen LogP contribution < -0.4 is 5.32 Å². The van der Waals surface area contributed by atoms with Gasteiger partial charge in [0.25, 0.3) is 5.91 Å². The molecule has 0 fully saturated rings. The second kappa shape index (κ2) is 7.06. The zero-order valence-corrected chi connectivity index (χ0v) is 14.3. The Kier molecular flexibility index (Phi) is 5.34. The smallest absolute Gasteiger partial charge is 0.342 e. The molecular weight excluding hydrogens is 341 g/mol. The normalized spacial score (nSPS) is 10.5. The van der Waals surface area contributed by atoms with Crippen molar-refractivity contribution in [2.45, 2.75) is 20.8 Å². The van der Waals surface area contributed by atoms with E-state index in [1.807, 2.05) is 0 Å². The summed E-state index contributed by atoms with van der Waals surface area (Å²) in [6.07, 6.45) is 0. The summed E-state index contributed by atoms with van der Waals surface area (Å²) in [4.78, 5) is 23.9. The molecule has 122 valence electrons. The first-order valence-electron chi connectivity index (χ1n) is 6.78. The lowest BCUT2D eigenvalue weighted by molar-refractivity contribution is -0.119. The largest absolute Gasteiger partial charge is 0.465 e. The molecule has 23 heavy (non-hydrogen) atoms. The molecule has 0 atom stereocenters. The van der Waals surface area contributed by atoms with Gasteiger partial charge in [0.2, 0.25) is 0 Å². The molecule has 0 aliphatic carbocycles. The van der Waals surface area contributed by atoms with Crippen LogP contribution in [-0.2, 0) is 9.53 Å². The Labute approximate surface area is 143 Å². The minimum absolute atomic E-state index is 0.321. The minimum Gasteiger partial charge on any atom is -0.465 e. The third-order valence-corrected chi connectivity index (χ3v) is 4.04. The van der Waals surface area contributed by atoms with Crippen LogP contribution in [-0.4, -0.2) is 18.5 Å². The summed E-state index contributed by atoms with van der Waals surface area (Å²) >= 11 is 11.7. The fourth-order valence-electron chi connectivity index (χ4n) is 2.07.